The molecule has 17 heavy (non-hydrogen) atoms. The molecule has 0 atom stereocenters. The molecule has 0 bridgehead atoms. The summed E-state index contributed by atoms with van der Waals surface area (Å²) in [6.07, 6.45) is 0. The molecule has 0 saturated carbocycles. The van der Waals surface area contributed by atoms with Gasteiger partial charge < -0.3 is 15.2 Å². The van der Waals surface area contributed by atoms with E-state index in [1.54, 1.807) is 24.3 Å². The van der Waals surface area contributed by atoms with Crippen LogP contribution in [0.15, 0.2) is 24.3 Å². The zero-order chi connectivity index (χ0) is 12.7. The van der Waals surface area contributed by atoms with Gasteiger partial charge in [0.2, 0.25) is 0 Å². The average Bonchev–Trinajstić information content (AvgIpc) is 2.29. The van der Waals surface area contributed by atoms with Gasteiger partial charge in [0.15, 0.2) is 0 Å². The van der Waals surface area contributed by atoms with Crippen molar-refractivity contribution < 1.29 is 14.6 Å². The fraction of sp³-hybridized carbons (Fsp3) is 0.462. The minimum atomic E-state index is -0.904. The molecular weight excluding hydrogens is 218 g/mol. The minimum Gasteiger partial charge on any atom is -0.478 e. The molecule has 0 fully saturated rings. The van der Waals surface area contributed by atoms with E-state index in [-0.39, 0.29) is 0 Å². The number of rotatable bonds is 7. The van der Waals surface area contributed by atoms with Crippen molar-refractivity contribution in [3.63, 3.8) is 0 Å². The second kappa shape index (κ2) is 7.04. The minimum absolute atomic E-state index is 0.301. The molecule has 0 spiro atoms. The monoisotopic (exact) mass is 237 g/mol. The van der Waals surface area contributed by atoms with Gasteiger partial charge >= 0.3 is 5.97 Å². The summed E-state index contributed by atoms with van der Waals surface area (Å²) in [6, 6.07) is 7.20. The van der Waals surface area contributed by atoms with Crippen LogP contribution in [0.3, 0.4) is 0 Å². The molecule has 4 heteroatoms. The molecule has 1 aromatic carbocycles. The summed E-state index contributed by atoms with van der Waals surface area (Å²) in [4.78, 5) is 10.6. The van der Waals surface area contributed by atoms with Crippen molar-refractivity contribution in [2.45, 2.75) is 26.5 Å². The fourth-order valence-electron chi connectivity index (χ4n) is 1.35. The topological polar surface area (TPSA) is 58.6 Å². The summed E-state index contributed by atoms with van der Waals surface area (Å²) < 4.78 is 5.46. The Morgan fingerprint density at radius 1 is 1.35 bits per heavy atom. The number of carboxylic acids is 1. The van der Waals surface area contributed by atoms with E-state index < -0.39 is 5.97 Å². The molecule has 1 aromatic rings. The second-order valence-corrected chi connectivity index (χ2v) is 4.16. The van der Waals surface area contributed by atoms with Gasteiger partial charge in [0.25, 0.3) is 0 Å². The van der Waals surface area contributed by atoms with E-state index in [4.69, 9.17) is 9.84 Å². The van der Waals surface area contributed by atoms with E-state index in [1.807, 2.05) is 0 Å². The van der Waals surface area contributed by atoms with Crippen LogP contribution in [-0.2, 0) is 11.3 Å². The molecule has 0 heterocycles. The highest BCUT2D eigenvalue weighted by atomic mass is 16.5. The van der Waals surface area contributed by atoms with Gasteiger partial charge in [-0.1, -0.05) is 26.0 Å². The third-order valence-electron chi connectivity index (χ3n) is 2.27. The van der Waals surface area contributed by atoms with Crippen LogP contribution in [0.2, 0.25) is 0 Å². The van der Waals surface area contributed by atoms with Crippen LogP contribution in [-0.4, -0.2) is 30.3 Å². The van der Waals surface area contributed by atoms with Gasteiger partial charge in [0, 0.05) is 12.6 Å². The largest absolute Gasteiger partial charge is 0.478 e. The molecule has 1 rings (SSSR count). The second-order valence-electron chi connectivity index (χ2n) is 4.16. The maximum absolute atomic E-state index is 10.6. The normalized spacial score (nSPS) is 10.8. The quantitative estimate of drug-likeness (QED) is 0.711. The predicted octanol–water partition coefficient (Wildman–Crippen LogP) is 1.90. The summed E-state index contributed by atoms with van der Waals surface area (Å²) in [6.45, 7) is 6.17. The molecule has 0 saturated heterocycles. The van der Waals surface area contributed by atoms with Crippen LogP contribution < -0.4 is 5.32 Å². The highest BCUT2D eigenvalue weighted by Crippen LogP contribution is 2.05. The average molecular weight is 237 g/mol. The fourth-order valence-corrected chi connectivity index (χ4v) is 1.35. The number of benzene rings is 1. The van der Waals surface area contributed by atoms with Crippen LogP contribution in [0.5, 0.6) is 0 Å². The van der Waals surface area contributed by atoms with Crippen molar-refractivity contribution in [1.82, 2.24) is 5.32 Å². The smallest absolute Gasteiger partial charge is 0.335 e. The standard InChI is InChI=1S/C13H19NO3/c1-10(2)14-7-8-17-9-11-3-5-12(6-4-11)13(15)16/h3-6,10,14H,7-9H2,1-2H3,(H,15,16). The lowest BCUT2D eigenvalue weighted by atomic mass is 10.1. The van der Waals surface area contributed by atoms with Crippen LogP contribution >= 0.6 is 0 Å². The molecular formula is C13H19NO3. The molecule has 2 N–H and O–H groups in total. The molecule has 0 amide bonds. The van der Waals surface area contributed by atoms with E-state index in [0.29, 0.717) is 24.8 Å². The first kappa shape index (κ1) is 13.7. The summed E-state index contributed by atoms with van der Waals surface area (Å²) in [5.74, 6) is -0.904. The number of hydrogen-bond acceptors (Lipinski definition) is 3. The molecule has 0 aliphatic heterocycles. The third kappa shape index (κ3) is 5.47. The maximum atomic E-state index is 10.6. The van der Waals surface area contributed by atoms with Crippen molar-refractivity contribution >= 4 is 5.97 Å². The van der Waals surface area contributed by atoms with E-state index >= 15 is 0 Å². The van der Waals surface area contributed by atoms with E-state index in [9.17, 15) is 4.79 Å². The Labute approximate surface area is 102 Å². The van der Waals surface area contributed by atoms with Crippen molar-refractivity contribution in [2.75, 3.05) is 13.2 Å². The Bertz CT molecular complexity index is 346. The maximum Gasteiger partial charge on any atom is 0.335 e. The zero-order valence-electron chi connectivity index (χ0n) is 10.3. The summed E-state index contributed by atoms with van der Waals surface area (Å²) >= 11 is 0. The molecule has 0 aliphatic rings. The Morgan fingerprint density at radius 2 is 2.00 bits per heavy atom. The number of ether oxygens (including phenoxy) is 1. The van der Waals surface area contributed by atoms with Gasteiger partial charge in [0.05, 0.1) is 18.8 Å². The van der Waals surface area contributed by atoms with Gasteiger partial charge in [-0.25, -0.2) is 4.79 Å². The molecule has 4 nitrogen and oxygen atoms in total. The number of nitrogens with one attached hydrogen (secondary N) is 1. The van der Waals surface area contributed by atoms with E-state index in [1.165, 1.54) is 0 Å². The van der Waals surface area contributed by atoms with Crippen molar-refractivity contribution in [1.29, 1.82) is 0 Å². The number of carboxylic acid groups (broad SMARTS) is 1. The van der Waals surface area contributed by atoms with Gasteiger partial charge in [-0.05, 0) is 17.7 Å². The van der Waals surface area contributed by atoms with Crippen LogP contribution in [0.4, 0.5) is 0 Å². The van der Waals surface area contributed by atoms with Crippen LogP contribution in [0.25, 0.3) is 0 Å². The molecule has 0 aromatic heterocycles. The Balaban J connectivity index is 2.25. The SMILES string of the molecule is CC(C)NCCOCc1ccc(C(=O)O)cc1. The highest BCUT2D eigenvalue weighted by molar-refractivity contribution is 5.87. The first-order valence-electron chi connectivity index (χ1n) is 5.73. The predicted molar refractivity (Wildman–Crippen MR) is 66.2 cm³/mol. The van der Waals surface area contributed by atoms with Gasteiger partial charge in [0.1, 0.15) is 0 Å². The summed E-state index contributed by atoms with van der Waals surface area (Å²) in [5.41, 5.74) is 1.29. The summed E-state index contributed by atoms with van der Waals surface area (Å²) in [7, 11) is 0. The van der Waals surface area contributed by atoms with Crippen molar-refractivity contribution in [3.8, 4) is 0 Å². The zero-order valence-corrected chi connectivity index (χ0v) is 10.3. The number of aromatic carboxylic acids is 1. The van der Waals surface area contributed by atoms with E-state index in [0.717, 1.165) is 12.1 Å². The summed E-state index contributed by atoms with van der Waals surface area (Å²) in [5, 5.41) is 12.0. The van der Waals surface area contributed by atoms with Gasteiger partial charge in [-0.3, -0.25) is 0 Å². The van der Waals surface area contributed by atoms with Crippen molar-refractivity contribution in [3.05, 3.63) is 35.4 Å². The first-order valence-corrected chi connectivity index (χ1v) is 5.73. The lowest BCUT2D eigenvalue weighted by Crippen LogP contribution is -2.26. The third-order valence-corrected chi connectivity index (χ3v) is 2.27. The Hall–Kier alpha value is -1.39. The Morgan fingerprint density at radius 3 is 2.53 bits per heavy atom. The van der Waals surface area contributed by atoms with E-state index in [2.05, 4.69) is 19.2 Å². The van der Waals surface area contributed by atoms with Gasteiger partial charge in [-0.2, -0.15) is 0 Å². The van der Waals surface area contributed by atoms with Crippen LogP contribution in [0.1, 0.15) is 29.8 Å². The van der Waals surface area contributed by atoms with Crippen molar-refractivity contribution in [2.24, 2.45) is 0 Å². The number of carbonyl (C=O) groups is 1. The first-order chi connectivity index (χ1) is 8.09. The lowest BCUT2D eigenvalue weighted by Gasteiger charge is -2.08. The number of hydrogen-bond donors (Lipinski definition) is 2. The molecule has 94 valence electrons. The van der Waals surface area contributed by atoms with Crippen LogP contribution in [0, 0.1) is 0 Å². The molecule has 0 aliphatic carbocycles. The highest BCUT2D eigenvalue weighted by Gasteiger charge is 2.01. The Kier molecular flexibility index (Phi) is 5.66. The molecule has 0 radical (unpaired) electrons. The van der Waals surface area contributed by atoms with Gasteiger partial charge in [-0.15, -0.1) is 0 Å². The molecule has 0 unspecified atom stereocenters. The lowest BCUT2D eigenvalue weighted by molar-refractivity contribution is 0.0696.